The van der Waals surface area contributed by atoms with Gasteiger partial charge in [-0.15, -0.1) is 0 Å². The van der Waals surface area contributed by atoms with Gasteiger partial charge in [-0.25, -0.2) is 4.98 Å². The van der Waals surface area contributed by atoms with Gasteiger partial charge in [0.25, 0.3) is 0 Å². The average Bonchev–Trinajstić information content (AvgIpc) is 2.19. The van der Waals surface area contributed by atoms with E-state index in [0.717, 1.165) is 18.5 Å². The Morgan fingerprint density at radius 1 is 1.18 bits per heavy atom. The lowest BCUT2D eigenvalue weighted by Crippen LogP contribution is -2.23. The maximum absolute atomic E-state index is 6.07. The maximum atomic E-state index is 6.07. The zero-order valence-corrected chi connectivity index (χ0v) is 12.0. The molecule has 1 aromatic rings. The van der Waals surface area contributed by atoms with Gasteiger partial charge in [0.15, 0.2) is 5.15 Å². The minimum atomic E-state index is 0.469. The van der Waals surface area contributed by atoms with Crippen molar-refractivity contribution in [3.05, 3.63) is 23.5 Å². The third-order valence-corrected chi connectivity index (χ3v) is 2.93. The van der Waals surface area contributed by atoms with Crippen LogP contribution in [0.15, 0.2) is 18.3 Å². The second-order valence-corrected chi connectivity index (χ2v) is 5.80. The van der Waals surface area contributed by atoms with Crippen molar-refractivity contribution in [3.63, 3.8) is 0 Å². The monoisotopic (exact) mass is 254 g/mol. The molecular weight excluding hydrogens is 232 g/mol. The fourth-order valence-corrected chi connectivity index (χ4v) is 2.24. The van der Waals surface area contributed by atoms with Gasteiger partial charge in [0, 0.05) is 12.2 Å². The zero-order valence-electron chi connectivity index (χ0n) is 11.2. The van der Waals surface area contributed by atoms with Gasteiger partial charge in [0.05, 0.1) is 5.69 Å². The number of halogens is 1. The Balaban J connectivity index is 2.68. The number of rotatable bonds is 6. The van der Waals surface area contributed by atoms with E-state index in [0.29, 0.717) is 23.0 Å². The smallest absolute Gasteiger partial charge is 0.152 e. The highest BCUT2D eigenvalue weighted by atomic mass is 35.5. The molecule has 0 unspecified atom stereocenters. The van der Waals surface area contributed by atoms with Gasteiger partial charge >= 0.3 is 0 Å². The van der Waals surface area contributed by atoms with Crippen LogP contribution in [-0.2, 0) is 0 Å². The molecule has 0 bridgehead atoms. The Morgan fingerprint density at radius 3 is 2.24 bits per heavy atom. The molecule has 0 aliphatic heterocycles. The molecule has 2 nitrogen and oxygen atoms in total. The second-order valence-electron chi connectivity index (χ2n) is 5.44. The van der Waals surface area contributed by atoms with Gasteiger partial charge in [-0.3, -0.25) is 0 Å². The number of hydrogen-bond acceptors (Lipinski definition) is 2. The van der Waals surface area contributed by atoms with Crippen molar-refractivity contribution in [1.29, 1.82) is 0 Å². The summed E-state index contributed by atoms with van der Waals surface area (Å²) >= 11 is 6.07. The lowest BCUT2D eigenvalue weighted by Gasteiger charge is -2.23. The van der Waals surface area contributed by atoms with Gasteiger partial charge in [-0.05, 0) is 36.8 Å². The summed E-state index contributed by atoms with van der Waals surface area (Å²) in [5, 5.41) is 4.08. The maximum Gasteiger partial charge on any atom is 0.152 e. The van der Waals surface area contributed by atoms with Crippen LogP contribution in [0, 0.1) is 11.8 Å². The van der Waals surface area contributed by atoms with Crippen LogP contribution in [0.1, 0.15) is 40.5 Å². The van der Waals surface area contributed by atoms with Crippen molar-refractivity contribution in [2.24, 2.45) is 11.8 Å². The Labute approximate surface area is 110 Å². The molecule has 0 spiro atoms. The largest absolute Gasteiger partial charge is 0.380 e. The predicted octanol–water partition coefficient (Wildman–Crippen LogP) is 4.61. The highest BCUT2D eigenvalue weighted by molar-refractivity contribution is 6.31. The topological polar surface area (TPSA) is 24.9 Å². The van der Waals surface area contributed by atoms with Crippen LogP contribution in [0.25, 0.3) is 0 Å². The van der Waals surface area contributed by atoms with E-state index in [-0.39, 0.29) is 0 Å². The van der Waals surface area contributed by atoms with Gasteiger partial charge in [0.2, 0.25) is 0 Å². The van der Waals surface area contributed by atoms with E-state index in [1.165, 1.54) is 0 Å². The van der Waals surface area contributed by atoms with Crippen LogP contribution in [0.3, 0.4) is 0 Å². The van der Waals surface area contributed by atoms with E-state index in [1.54, 1.807) is 6.20 Å². The molecule has 0 aliphatic carbocycles. The first kappa shape index (κ1) is 14.3. The summed E-state index contributed by atoms with van der Waals surface area (Å²) < 4.78 is 0. The second kappa shape index (κ2) is 6.85. The molecule has 96 valence electrons. The van der Waals surface area contributed by atoms with Crippen molar-refractivity contribution in [1.82, 2.24) is 4.98 Å². The van der Waals surface area contributed by atoms with Crippen molar-refractivity contribution in [2.75, 3.05) is 5.32 Å². The van der Waals surface area contributed by atoms with Crippen LogP contribution in [0.4, 0.5) is 5.69 Å². The number of nitrogens with one attached hydrogen (secondary N) is 1. The average molecular weight is 255 g/mol. The highest BCUT2D eigenvalue weighted by Crippen LogP contribution is 2.23. The van der Waals surface area contributed by atoms with E-state index < -0.39 is 0 Å². The van der Waals surface area contributed by atoms with Gasteiger partial charge < -0.3 is 5.32 Å². The minimum absolute atomic E-state index is 0.469. The molecule has 0 radical (unpaired) electrons. The molecule has 0 saturated heterocycles. The molecule has 1 aromatic heterocycles. The minimum Gasteiger partial charge on any atom is -0.380 e. The quantitative estimate of drug-likeness (QED) is 0.750. The third kappa shape index (κ3) is 5.40. The fraction of sp³-hybridized carbons (Fsp3) is 0.643. The molecule has 0 aromatic carbocycles. The SMILES string of the molecule is CC(C)CC(CC(C)C)Nc1cccnc1Cl. The summed E-state index contributed by atoms with van der Waals surface area (Å²) in [7, 11) is 0. The Kier molecular flexibility index (Phi) is 5.76. The third-order valence-electron chi connectivity index (χ3n) is 2.63. The normalized spacial score (nSPS) is 11.5. The zero-order chi connectivity index (χ0) is 12.8. The summed E-state index contributed by atoms with van der Waals surface area (Å²) in [5.41, 5.74) is 0.945. The van der Waals surface area contributed by atoms with Crippen LogP contribution in [0.5, 0.6) is 0 Å². The molecule has 0 saturated carbocycles. The summed E-state index contributed by atoms with van der Waals surface area (Å²) in [4.78, 5) is 4.09. The van der Waals surface area contributed by atoms with Gasteiger partial charge in [-0.1, -0.05) is 39.3 Å². The molecule has 17 heavy (non-hydrogen) atoms. The molecule has 1 rings (SSSR count). The lowest BCUT2D eigenvalue weighted by atomic mass is 9.95. The molecule has 0 atom stereocenters. The standard InChI is InChI=1S/C14H23ClN2/c1-10(2)8-12(9-11(3)4)17-13-6-5-7-16-14(13)15/h5-7,10-12,17H,8-9H2,1-4H3. The van der Waals surface area contributed by atoms with Crippen LogP contribution in [-0.4, -0.2) is 11.0 Å². The molecule has 3 heteroatoms. The summed E-state index contributed by atoms with van der Waals surface area (Å²) in [6.45, 7) is 9.00. The first-order valence-electron chi connectivity index (χ1n) is 6.36. The number of anilines is 1. The van der Waals surface area contributed by atoms with E-state index in [2.05, 4.69) is 38.0 Å². The number of nitrogens with zero attached hydrogens (tertiary/aromatic N) is 1. The van der Waals surface area contributed by atoms with E-state index in [1.807, 2.05) is 12.1 Å². The summed E-state index contributed by atoms with van der Waals surface area (Å²) in [6, 6.07) is 4.37. The highest BCUT2D eigenvalue weighted by Gasteiger charge is 2.14. The van der Waals surface area contributed by atoms with Crippen molar-refractivity contribution >= 4 is 17.3 Å². The predicted molar refractivity (Wildman–Crippen MR) is 75.6 cm³/mol. The fourth-order valence-electron chi connectivity index (χ4n) is 2.07. The van der Waals surface area contributed by atoms with Crippen LogP contribution >= 0.6 is 11.6 Å². The number of pyridine rings is 1. The lowest BCUT2D eigenvalue weighted by molar-refractivity contribution is 0.442. The summed E-state index contributed by atoms with van der Waals surface area (Å²) in [6.07, 6.45) is 4.03. The molecule has 1 heterocycles. The van der Waals surface area contributed by atoms with Crippen molar-refractivity contribution < 1.29 is 0 Å². The molecule has 0 aliphatic rings. The van der Waals surface area contributed by atoms with Gasteiger partial charge in [-0.2, -0.15) is 0 Å². The van der Waals surface area contributed by atoms with Crippen molar-refractivity contribution in [2.45, 2.75) is 46.6 Å². The Bertz CT molecular complexity index is 327. The molecule has 1 N–H and O–H groups in total. The Hall–Kier alpha value is -0.760. The van der Waals surface area contributed by atoms with Crippen LogP contribution < -0.4 is 5.32 Å². The van der Waals surface area contributed by atoms with E-state index in [4.69, 9.17) is 11.6 Å². The molecule has 0 fully saturated rings. The number of aromatic nitrogens is 1. The van der Waals surface area contributed by atoms with Crippen molar-refractivity contribution in [3.8, 4) is 0 Å². The molecular formula is C14H23ClN2. The van der Waals surface area contributed by atoms with E-state index >= 15 is 0 Å². The first-order valence-corrected chi connectivity index (χ1v) is 6.74. The molecule has 0 amide bonds. The van der Waals surface area contributed by atoms with Gasteiger partial charge in [0.1, 0.15) is 0 Å². The summed E-state index contributed by atoms with van der Waals surface area (Å²) in [5.74, 6) is 1.36. The van der Waals surface area contributed by atoms with Crippen LogP contribution in [0.2, 0.25) is 5.15 Å². The first-order chi connectivity index (χ1) is 7.99. The Morgan fingerprint density at radius 2 is 1.76 bits per heavy atom. The number of hydrogen-bond donors (Lipinski definition) is 1. The van der Waals surface area contributed by atoms with E-state index in [9.17, 15) is 0 Å².